The number of piperidine rings is 1. The molecule has 0 saturated carbocycles. The summed E-state index contributed by atoms with van der Waals surface area (Å²) in [5.74, 6) is 1.12. The molecule has 1 atom stereocenters. The van der Waals surface area contributed by atoms with E-state index in [9.17, 15) is 9.59 Å². The lowest BCUT2D eigenvalue weighted by Gasteiger charge is -2.34. The van der Waals surface area contributed by atoms with Crippen LogP contribution < -0.4 is 15.0 Å². The molecule has 2 aromatic rings. The summed E-state index contributed by atoms with van der Waals surface area (Å²) in [6.07, 6.45) is 3.58. The highest BCUT2D eigenvalue weighted by molar-refractivity contribution is 6.03. The van der Waals surface area contributed by atoms with Crippen LogP contribution in [-0.2, 0) is 16.0 Å². The van der Waals surface area contributed by atoms with Gasteiger partial charge in [0.1, 0.15) is 12.3 Å². The minimum Gasteiger partial charge on any atom is -0.478 e. The van der Waals surface area contributed by atoms with Crippen molar-refractivity contribution in [3.05, 3.63) is 59.7 Å². The van der Waals surface area contributed by atoms with Crippen LogP contribution in [0.3, 0.4) is 0 Å². The van der Waals surface area contributed by atoms with Crippen LogP contribution in [0.15, 0.2) is 48.5 Å². The number of anilines is 1. The number of amides is 2. The molecule has 0 spiro atoms. The first-order valence-corrected chi connectivity index (χ1v) is 12.1. The molecule has 1 N–H and O–H groups in total. The SMILES string of the molecule is CCC1Oc2ccc(C)cc2N(CC(=O)NCCN2CCC(Cc3ccccc3)CC2)C1=O. The van der Waals surface area contributed by atoms with Gasteiger partial charge in [-0.25, -0.2) is 0 Å². The van der Waals surface area contributed by atoms with E-state index in [-0.39, 0.29) is 18.4 Å². The number of benzene rings is 2. The van der Waals surface area contributed by atoms with E-state index in [0.29, 0.717) is 24.4 Å². The van der Waals surface area contributed by atoms with E-state index >= 15 is 0 Å². The maximum absolute atomic E-state index is 12.9. The molecule has 6 heteroatoms. The molecule has 2 amide bonds. The van der Waals surface area contributed by atoms with Crippen LogP contribution in [0.5, 0.6) is 5.75 Å². The maximum Gasteiger partial charge on any atom is 0.268 e. The zero-order valence-electron chi connectivity index (χ0n) is 19.8. The van der Waals surface area contributed by atoms with Crippen LogP contribution in [0, 0.1) is 12.8 Å². The number of aryl methyl sites for hydroxylation is 1. The van der Waals surface area contributed by atoms with Crippen molar-refractivity contribution < 1.29 is 14.3 Å². The molecule has 2 heterocycles. The number of rotatable bonds is 8. The van der Waals surface area contributed by atoms with E-state index in [0.717, 1.165) is 37.5 Å². The predicted molar refractivity (Wildman–Crippen MR) is 131 cm³/mol. The molecule has 2 aliphatic rings. The van der Waals surface area contributed by atoms with Crippen LogP contribution >= 0.6 is 0 Å². The van der Waals surface area contributed by atoms with Crippen molar-refractivity contribution in [2.45, 2.75) is 45.6 Å². The summed E-state index contributed by atoms with van der Waals surface area (Å²) in [4.78, 5) is 29.5. The van der Waals surface area contributed by atoms with E-state index in [1.807, 2.05) is 32.0 Å². The average molecular weight is 450 g/mol. The Hall–Kier alpha value is -2.86. The first-order chi connectivity index (χ1) is 16.0. The molecule has 0 bridgehead atoms. The van der Waals surface area contributed by atoms with Gasteiger partial charge < -0.3 is 15.0 Å². The summed E-state index contributed by atoms with van der Waals surface area (Å²) in [6.45, 7) is 7.49. The Morgan fingerprint density at radius 3 is 2.61 bits per heavy atom. The zero-order valence-corrected chi connectivity index (χ0v) is 19.8. The zero-order chi connectivity index (χ0) is 23.2. The molecule has 176 valence electrons. The lowest BCUT2D eigenvalue weighted by molar-refractivity contribution is -0.129. The molecule has 4 rings (SSSR count). The van der Waals surface area contributed by atoms with Crippen LogP contribution in [-0.4, -0.2) is 55.5 Å². The molecule has 33 heavy (non-hydrogen) atoms. The number of carbonyl (C=O) groups is 2. The first kappa shape index (κ1) is 23.3. The molecule has 6 nitrogen and oxygen atoms in total. The molecule has 1 fully saturated rings. The van der Waals surface area contributed by atoms with Gasteiger partial charge in [0.15, 0.2) is 6.10 Å². The summed E-state index contributed by atoms with van der Waals surface area (Å²) < 4.78 is 5.84. The summed E-state index contributed by atoms with van der Waals surface area (Å²) in [5.41, 5.74) is 3.13. The van der Waals surface area contributed by atoms with Crippen molar-refractivity contribution >= 4 is 17.5 Å². The quantitative estimate of drug-likeness (QED) is 0.669. The van der Waals surface area contributed by atoms with Gasteiger partial charge >= 0.3 is 0 Å². The van der Waals surface area contributed by atoms with Gasteiger partial charge in [-0.05, 0) is 74.9 Å². The fourth-order valence-electron chi connectivity index (χ4n) is 4.77. The summed E-state index contributed by atoms with van der Waals surface area (Å²) in [7, 11) is 0. The third kappa shape index (κ3) is 5.93. The predicted octanol–water partition coefficient (Wildman–Crippen LogP) is 3.57. The lowest BCUT2D eigenvalue weighted by atomic mass is 9.90. The highest BCUT2D eigenvalue weighted by atomic mass is 16.5. The van der Waals surface area contributed by atoms with Gasteiger partial charge in [0, 0.05) is 13.1 Å². The summed E-state index contributed by atoms with van der Waals surface area (Å²) in [6, 6.07) is 16.5. The molecule has 0 radical (unpaired) electrons. The minimum absolute atomic E-state index is 0.0221. The summed E-state index contributed by atoms with van der Waals surface area (Å²) >= 11 is 0. The second-order valence-electron chi connectivity index (χ2n) is 9.23. The van der Waals surface area contributed by atoms with Crippen LogP contribution in [0.25, 0.3) is 0 Å². The second-order valence-corrected chi connectivity index (χ2v) is 9.23. The van der Waals surface area contributed by atoms with Gasteiger partial charge in [0.2, 0.25) is 5.91 Å². The van der Waals surface area contributed by atoms with Crippen LogP contribution in [0.2, 0.25) is 0 Å². The lowest BCUT2D eigenvalue weighted by Crippen LogP contribution is -2.50. The smallest absolute Gasteiger partial charge is 0.268 e. The normalized spacial score (nSPS) is 19.2. The van der Waals surface area contributed by atoms with Crippen molar-refractivity contribution in [1.82, 2.24) is 10.2 Å². The molecular weight excluding hydrogens is 414 g/mol. The largest absolute Gasteiger partial charge is 0.478 e. The average Bonchev–Trinajstić information content (AvgIpc) is 2.83. The van der Waals surface area contributed by atoms with Gasteiger partial charge in [-0.15, -0.1) is 0 Å². The monoisotopic (exact) mass is 449 g/mol. The molecule has 2 aromatic carbocycles. The van der Waals surface area contributed by atoms with Crippen molar-refractivity contribution in [2.75, 3.05) is 37.6 Å². The number of hydrogen-bond donors (Lipinski definition) is 1. The Morgan fingerprint density at radius 1 is 1.12 bits per heavy atom. The third-order valence-corrected chi connectivity index (χ3v) is 6.71. The number of fused-ring (bicyclic) bond motifs is 1. The Bertz CT molecular complexity index is 954. The Balaban J connectivity index is 1.23. The molecule has 1 saturated heterocycles. The standard InChI is InChI=1S/C27H35N3O3/c1-3-24-27(32)30(23-17-20(2)9-10-25(23)33-24)19-26(31)28-13-16-29-14-11-22(12-15-29)18-21-7-5-4-6-8-21/h4-10,17,22,24H,3,11-16,18-19H2,1-2H3,(H,28,31). The van der Waals surface area contributed by atoms with Crippen LogP contribution in [0.1, 0.15) is 37.3 Å². The van der Waals surface area contributed by atoms with Gasteiger partial charge in [0.25, 0.3) is 5.91 Å². The van der Waals surface area contributed by atoms with E-state index < -0.39 is 6.10 Å². The highest BCUT2D eigenvalue weighted by Gasteiger charge is 2.34. The van der Waals surface area contributed by atoms with E-state index in [4.69, 9.17) is 4.74 Å². The van der Waals surface area contributed by atoms with Crippen molar-refractivity contribution in [1.29, 1.82) is 0 Å². The van der Waals surface area contributed by atoms with Gasteiger partial charge in [0.05, 0.1) is 5.69 Å². The van der Waals surface area contributed by atoms with E-state index in [1.54, 1.807) is 4.90 Å². The Morgan fingerprint density at radius 2 is 1.88 bits per heavy atom. The third-order valence-electron chi connectivity index (χ3n) is 6.71. The second kappa shape index (κ2) is 10.8. The molecule has 0 aromatic heterocycles. The van der Waals surface area contributed by atoms with Crippen molar-refractivity contribution in [3.63, 3.8) is 0 Å². The Kier molecular flexibility index (Phi) is 7.65. The molecular formula is C27H35N3O3. The topological polar surface area (TPSA) is 61.9 Å². The fourth-order valence-corrected chi connectivity index (χ4v) is 4.77. The minimum atomic E-state index is -0.537. The highest BCUT2D eigenvalue weighted by Crippen LogP contribution is 2.35. The number of nitrogens with one attached hydrogen (secondary N) is 1. The molecule has 1 unspecified atom stereocenters. The first-order valence-electron chi connectivity index (χ1n) is 12.1. The van der Waals surface area contributed by atoms with Crippen LogP contribution in [0.4, 0.5) is 5.69 Å². The fraction of sp³-hybridized carbons (Fsp3) is 0.481. The molecule has 2 aliphatic heterocycles. The number of likely N-dealkylation sites (tertiary alicyclic amines) is 1. The van der Waals surface area contributed by atoms with Gasteiger partial charge in [-0.1, -0.05) is 43.3 Å². The molecule has 0 aliphatic carbocycles. The van der Waals surface area contributed by atoms with Gasteiger partial charge in [-0.2, -0.15) is 0 Å². The van der Waals surface area contributed by atoms with E-state index in [1.165, 1.54) is 18.4 Å². The number of nitrogens with zero attached hydrogens (tertiary/aromatic N) is 2. The number of ether oxygens (including phenoxy) is 1. The van der Waals surface area contributed by atoms with E-state index in [2.05, 4.69) is 40.5 Å². The number of hydrogen-bond acceptors (Lipinski definition) is 4. The van der Waals surface area contributed by atoms with Gasteiger partial charge in [-0.3, -0.25) is 14.5 Å². The van der Waals surface area contributed by atoms with Crippen molar-refractivity contribution in [2.24, 2.45) is 5.92 Å². The Labute approximate surface area is 196 Å². The number of carbonyl (C=O) groups excluding carboxylic acids is 2. The summed E-state index contributed by atoms with van der Waals surface area (Å²) in [5, 5.41) is 3.01. The maximum atomic E-state index is 12.9. The van der Waals surface area contributed by atoms with Crippen molar-refractivity contribution in [3.8, 4) is 5.75 Å².